The van der Waals surface area contributed by atoms with Gasteiger partial charge in [0.2, 0.25) is 0 Å². The molecule has 0 spiro atoms. The van der Waals surface area contributed by atoms with Crippen LogP contribution in [-0.2, 0) is 6.54 Å². The molecule has 1 aromatic carbocycles. The summed E-state index contributed by atoms with van der Waals surface area (Å²) in [5.41, 5.74) is 1.17. The highest BCUT2D eigenvalue weighted by Crippen LogP contribution is 2.17. The van der Waals surface area contributed by atoms with Crippen molar-refractivity contribution in [3.63, 3.8) is 0 Å². The minimum Gasteiger partial charge on any atom is -0.497 e. The quantitative estimate of drug-likeness (QED) is 0.875. The van der Waals surface area contributed by atoms with Crippen molar-refractivity contribution in [1.29, 1.82) is 0 Å². The zero-order chi connectivity index (χ0) is 14.4. The Morgan fingerprint density at radius 3 is 2.90 bits per heavy atom. The summed E-state index contributed by atoms with van der Waals surface area (Å²) in [5.74, 6) is 2.50. The van der Waals surface area contributed by atoms with Gasteiger partial charge in [-0.05, 0) is 24.6 Å². The van der Waals surface area contributed by atoms with Crippen LogP contribution >= 0.6 is 0 Å². The lowest BCUT2D eigenvalue weighted by Crippen LogP contribution is -2.18. The number of anilines is 2. The molecule has 0 amide bonds. The van der Waals surface area contributed by atoms with E-state index in [4.69, 9.17) is 4.74 Å². The fraction of sp³-hybridized carbons (Fsp3) is 0.333. The van der Waals surface area contributed by atoms with E-state index >= 15 is 0 Å². The van der Waals surface area contributed by atoms with Crippen LogP contribution in [0.25, 0.3) is 0 Å². The van der Waals surface area contributed by atoms with Crippen LogP contribution in [0.2, 0.25) is 0 Å². The lowest BCUT2D eigenvalue weighted by Gasteiger charge is -2.18. The SMILES string of the molecule is CCNc1cncc(N(C)Cc2cccc(OC)c2)n1. The van der Waals surface area contributed by atoms with Crippen molar-refractivity contribution in [2.24, 2.45) is 0 Å². The smallest absolute Gasteiger partial charge is 0.149 e. The van der Waals surface area contributed by atoms with E-state index in [1.54, 1.807) is 19.5 Å². The Kier molecular flexibility index (Phi) is 4.76. The molecule has 0 fully saturated rings. The van der Waals surface area contributed by atoms with Crippen LogP contribution in [0.15, 0.2) is 36.7 Å². The Hall–Kier alpha value is -2.30. The third kappa shape index (κ3) is 3.60. The van der Waals surface area contributed by atoms with Gasteiger partial charge < -0.3 is 15.0 Å². The molecule has 0 radical (unpaired) electrons. The minimum atomic E-state index is 0.751. The van der Waals surface area contributed by atoms with Crippen molar-refractivity contribution in [1.82, 2.24) is 9.97 Å². The van der Waals surface area contributed by atoms with Crippen LogP contribution in [0.1, 0.15) is 12.5 Å². The van der Waals surface area contributed by atoms with Crippen molar-refractivity contribution in [2.75, 3.05) is 30.9 Å². The molecule has 0 saturated carbocycles. The number of nitrogens with one attached hydrogen (secondary N) is 1. The highest BCUT2D eigenvalue weighted by atomic mass is 16.5. The molecule has 0 aliphatic carbocycles. The third-order valence-electron chi connectivity index (χ3n) is 2.92. The highest BCUT2D eigenvalue weighted by molar-refractivity contribution is 5.44. The normalized spacial score (nSPS) is 10.2. The first kappa shape index (κ1) is 14.1. The first-order valence-corrected chi connectivity index (χ1v) is 6.63. The highest BCUT2D eigenvalue weighted by Gasteiger charge is 2.06. The predicted molar refractivity (Wildman–Crippen MR) is 81.3 cm³/mol. The second kappa shape index (κ2) is 6.75. The molecular formula is C15H20N4O. The van der Waals surface area contributed by atoms with Gasteiger partial charge in [-0.15, -0.1) is 0 Å². The predicted octanol–water partition coefficient (Wildman–Crippen LogP) is 2.55. The van der Waals surface area contributed by atoms with Gasteiger partial charge in [-0.25, -0.2) is 4.98 Å². The average Bonchev–Trinajstić information content (AvgIpc) is 2.48. The second-order valence-electron chi connectivity index (χ2n) is 4.50. The molecule has 2 aromatic rings. The summed E-state index contributed by atoms with van der Waals surface area (Å²) < 4.78 is 5.24. The zero-order valence-electron chi connectivity index (χ0n) is 12.1. The van der Waals surface area contributed by atoms with E-state index in [-0.39, 0.29) is 0 Å². The lowest BCUT2D eigenvalue weighted by molar-refractivity contribution is 0.414. The molecule has 5 heteroatoms. The zero-order valence-corrected chi connectivity index (χ0v) is 12.1. The standard InChI is InChI=1S/C15H20N4O/c1-4-17-14-9-16-10-15(18-14)19(2)11-12-6-5-7-13(8-12)20-3/h5-10H,4,11H2,1-3H3,(H,17,18). The van der Waals surface area contributed by atoms with E-state index in [1.165, 1.54) is 5.56 Å². The maximum Gasteiger partial charge on any atom is 0.149 e. The molecule has 1 heterocycles. The van der Waals surface area contributed by atoms with Crippen LogP contribution in [0.4, 0.5) is 11.6 Å². The molecule has 1 aromatic heterocycles. The molecule has 0 unspecified atom stereocenters. The number of hydrogen-bond acceptors (Lipinski definition) is 5. The second-order valence-corrected chi connectivity index (χ2v) is 4.50. The summed E-state index contributed by atoms with van der Waals surface area (Å²) in [6, 6.07) is 8.02. The van der Waals surface area contributed by atoms with Gasteiger partial charge in [-0.1, -0.05) is 12.1 Å². The van der Waals surface area contributed by atoms with E-state index in [0.29, 0.717) is 0 Å². The van der Waals surface area contributed by atoms with E-state index in [9.17, 15) is 0 Å². The maximum atomic E-state index is 5.24. The number of methoxy groups -OCH3 is 1. The van der Waals surface area contributed by atoms with E-state index < -0.39 is 0 Å². The molecule has 106 valence electrons. The fourth-order valence-electron chi connectivity index (χ4n) is 1.93. The van der Waals surface area contributed by atoms with Crippen molar-refractivity contribution in [3.8, 4) is 5.75 Å². The molecule has 0 atom stereocenters. The molecule has 2 rings (SSSR count). The fourth-order valence-corrected chi connectivity index (χ4v) is 1.93. The molecule has 0 aliphatic heterocycles. The number of ether oxygens (including phenoxy) is 1. The van der Waals surface area contributed by atoms with E-state index in [1.807, 2.05) is 32.2 Å². The summed E-state index contributed by atoms with van der Waals surface area (Å²) in [6.45, 7) is 3.62. The molecule has 5 nitrogen and oxygen atoms in total. The number of nitrogens with zero attached hydrogens (tertiary/aromatic N) is 3. The summed E-state index contributed by atoms with van der Waals surface area (Å²) in [5, 5.41) is 3.16. The maximum absolute atomic E-state index is 5.24. The van der Waals surface area contributed by atoms with Gasteiger partial charge in [-0.3, -0.25) is 4.98 Å². The van der Waals surface area contributed by atoms with Gasteiger partial charge >= 0.3 is 0 Å². The van der Waals surface area contributed by atoms with Gasteiger partial charge in [0.15, 0.2) is 0 Å². The number of hydrogen-bond donors (Lipinski definition) is 1. The summed E-state index contributed by atoms with van der Waals surface area (Å²) in [6.07, 6.45) is 3.49. The lowest BCUT2D eigenvalue weighted by atomic mass is 10.2. The van der Waals surface area contributed by atoms with Gasteiger partial charge in [-0.2, -0.15) is 0 Å². The topological polar surface area (TPSA) is 50.3 Å². The minimum absolute atomic E-state index is 0.751. The van der Waals surface area contributed by atoms with Gasteiger partial charge in [0.25, 0.3) is 0 Å². The summed E-state index contributed by atoms with van der Waals surface area (Å²) >= 11 is 0. The number of benzene rings is 1. The van der Waals surface area contributed by atoms with Gasteiger partial charge in [0.05, 0.1) is 19.5 Å². The first-order valence-electron chi connectivity index (χ1n) is 6.63. The Bertz CT molecular complexity index is 559. The van der Waals surface area contributed by atoms with Crippen molar-refractivity contribution in [3.05, 3.63) is 42.2 Å². The monoisotopic (exact) mass is 272 g/mol. The summed E-state index contributed by atoms with van der Waals surface area (Å²) in [7, 11) is 3.67. The van der Waals surface area contributed by atoms with Crippen LogP contribution in [0.3, 0.4) is 0 Å². The summed E-state index contributed by atoms with van der Waals surface area (Å²) in [4.78, 5) is 10.8. The molecule has 0 saturated heterocycles. The van der Waals surface area contributed by atoms with Crippen molar-refractivity contribution >= 4 is 11.6 Å². The number of rotatable bonds is 6. The first-order chi connectivity index (χ1) is 9.72. The third-order valence-corrected chi connectivity index (χ3v) is 2.92. The van der Waals surface area contributed by atoms with Gasteiger partial charge in [0, 0.05) is 20.1 Å². The van der Waals surface area contributed by atoms with Crippen molar-refractivity contribution in [2.45, 2.75) is 13.5 Å². The molecule has 20 heavy (non-hydrogen) atoms. The largest absolute Gasteiger partial charge is 0.497 e. The molecule has 1 N–H and O–H groups in total. The van der Waals surface area contributed by atoms with Crippen LogP contribution in [0, 0.1) is 0 Å². The molecule has 0 aliphatic rings. The van der Waals surface area contributed by atoms with E-state index in [2.05, 4.69) is 26.3 Å². The molecule has 0 bridgehead atoms. The average molecular weight is 272 g/mol. The molecular weight excluding hydrogens is 252 g/mol. The van der Waals surface area contributed by atoms with Gasteiger partial charge in [0.1, 0.15) is 17.4 Å². The van der Waals surface area contributed by atoms with Crippen LogP contribution in [0.5, 0.6) is 5.75 Å². The number of aromatic nitrogens is 2. The Balaban J connectivity index is 2.10. The van der Waals surface area contributed by atoms with Crippen LogP contribution < -0.4 is 15.0 Å². The Morgan fingerprint density at radius 2 is 2.15 bits per heavy atom. The van der Waals surface area contributed by atoms with E-state index in [0.717, 1.165) is 30.5 Å². The van der Waals surface area contributed by atoms with Crippen molar-refractivity contribution < 1.29 is 4.74 Å². The van der Waals surface area contributed by atoms with Crippen LogP contribution in [-0.4, -0.2) is 30.7 Å². The Labute approximate surface area is 119 Å². The Morgan fingerprint density at radius 1 is 1.30 bits per heavy atom.